The summed E-state index contributed by atoms with van der Waals surface area (Å²) < 4.78 is 0. The number of nitrogens with zero attached hydrogens (tertiary/aromatic N) is 2. The molecule has 2 saturated heterocycles. The van der Waals surface area contributed by atoms with Crippen LogP contribution in [0.1, 0.15) is 52.7 Å². The smallest absolute Gasteiger partial charge is 0.312 e. The van der Waals surface area contributed by atoms with Crippen LogP contribution in [0.25, 0.3) is 11.1 Å². The highest BCUT2D eigenvalue weighted by Gasteiger charge is 2.56. The van der Waals surface area contributed by atoms with Crippen molar-refractivity contribution in [1.82, 2.24) is 9.80 Å². The molecule has 2 aromatic rings. The van der Waals surface area contributed by atoms with Crippen molar-refractivity contribution in [2.75, 3.05) is 10.6 Å². The van der Waals surface area contributed by atoms with Gasteiger partial charge in [-0.15, -0.1) is 0 Å². The second-order valence-corrected chi connectivity index (χ2v) is 10.3. The zero-order valence-corrected chi connectivity index (χ0v) is 20.3. The van der Waals surface area contributed by atoms with Crippen molar-refractivity contribution in [3.63, 3.8) is 0 Å². The molecule has 0 spiro atoms. The molecular weight excluding hydrogens is 400 g/mol. The molecule has 2 aromatic carbocycles. The second kappa shape index (κ2) is 7.26. The second-order valence-electron chi connectivity index (χ2n) is 10.3. The van der Waals surface area contributed by atoms with Crippen LogP contribution < -0.4 is 10.6 Å². The Morgan fingerprint density at radius 2 is 1.03 bits per heavy atom. The van der Waals surface area contributed by atoms with E-state index >= 15 is 0 Å². The van der Waals surface area contributed by atoms with Crippen molar-refractivity contribution in [3.05, 3.63) is 47.5 Å². The Hall–Kier alpha value is -3.02. The minimum atomic E-state index is -0.0864. The molecule has 0 aliphatic carbocycles. The third kappa shape index (κ3) is 3.61. The van der Waals surface area contributed by atoms with Gasteiger partial charge >= 0.3 is 12.1 Å². The first-order valence-electron chi connectivity index (χ1n) is 11.3. The zero-order chi connectivity index (χ0) is 23.6. The minimum absolute atomic E-state index is 0.0572. The van der Waals surface area contributed by atoms with Crippen molar-refractivity contribution < 1.29 is 9.59 Å². The Bertz CT molecular complexity index is 1020. The van der Waals surface area contributed by atoms with Crippen molar-refractivity contribution in [3.8, 4) is 11.1 Å². The standard InChI is InChI=1S/C26H34N4O2/c1-15-13-19(9-11-21(15)27-23(31)29-17(3)25(29,5)6)20-10-12-22(16(2)14-20)28-24(32)30-18(4)26(30,7)8/h9-14,17-18H,1-8H3,(H,27,31)(H,28,32)/t17-,18-,29?,30?/m1/s1. The average Bonchev–Trinajstić information content (AvgIpc) is 3.43. The molecule has 4 rings (SSSR count). The number of hydrogen-bond acceptors (Lipinski definition) is 2. The first-order valence-corrected chi connectivity index (χ1v) is 11.3. The molecule has 170 valence electrons. The van der Waals surface area contributed by atoms with E-state index in [2.05, 4.69) is 64.3 Å². The lowest BCUT2D eigenvalue weighted by Crippen LogP contribution is -2.24. The van der Waals surface area contributed by atoms with Crippen molar-refractivity contribution in [1.29, 1.82) is 0 Å². The molecule has 0 radical (unpaired) electrons. The average molecular weight is 435 g/mol. The molecular formula is C26H34N4O2. The third-order valence-electron chi connectivity index (χ3n) is 7.63. The van der Waals surface area contributed by atoms with Crippen LogP contribution in [0.2, 0.25) is 0 Å². The zero-order valence-electron chi connectivity index (χ0n) is 20.3. The van der Waals surface area contributed by atoms with Gasteiger partial charge in [0.05, 0.1) is 23.2 Å². The summed E-state index contributed by atoms with van der Waals surface area (Å²) in [4.78, 5) is 28.9. The van der Waals surface area contributed by atoms with E-state index < -0.39 is 0 Å². The van der Waals surface area contributed by atoms with Gasteiger partial charge in [0, 0.05) is 11.4 Å². The molecule has 0 unspecified atom stereocenters. The Kier molecular flexibility index (Phi) is 5.03. The molecule has 2 aliphatic rings. The molecule has 2 fully saturated rings. The largest absolute Gasteiger partial charge is 0.322 e. The maximum atomic E-state index is 12.6. The van der Waals surface area contributed by atoms with E-state index in [1.54, 1.807) is 0 Å². The quantitative estimate of drug-likeness (QED) is 0.582. The summed E-state index contributed by atoms with van der Waals surface area (Å²) in [6, 6.07) is 12.5. The lowest BCUT2D eigenvalue weighted by Gasteiger charge is -2.15. The molecule has 0 aromatic heterocycles. The fraction of sp³-hybridized carbons (Fsp3) is 0.462. The topological polar surface area (TPSA) is 64.2 Å². The molecule has 0 bridgehead atoms. The number of urea groups is 2. The number of nitrogens with one attached hydrogen (secondary N) is 2. The van der Waals surface area contributed by atoms with Crippen LogP contribution in [-0.2, 0) is 0 Å². The number of benzene rings is 2. The lowest BCUT2D eigenvalue weighted by molar-refractivity contribution is 0.234. The molecule has 6 nitrogen and oxygen atoms in total. The Morgan fingerprint density at radius 1 is 0.719 bits per heavy atom. The Balaban J connectivity index is 1.46. The molecule has 6 heteroatoms. The highest BCUT2D eigenvalue weighted by Crippen LogP contribution is 2.41. The van der Waals surface area contributed by atoms with Gasteiger partial charge in [-0.3, -0.25) is 0 Å². The first-order chi connectivity index (χ1) is 14.9. The summed E-state index contributed by atoms with van der Waals surface area (Å²) in [6.45, 7) is 16.4. The highest BCUT2D eigenvalue weighted by atomic mass is 16.2. The van der Waals surface area contributed by atoms with Gasteiger partial charge in [-0.2, -0.15) is 0 Å². The number of anilines is 2. The summed E-state index contributed by atoms with van der Waals surface area (Å²) >= 11 is 0. The highest BCUT2D eigenvalue weighted by molar-refractivity contribution is 5.94. The van der Waals surface area contributed by atoms with E-state index in [1.165, 1.54) is 0 Å². The first kappa shape index (κ1) is 22.2. The number of aryl methyl sites for hydroxylation is 2. The van der Waals surface area contributed by atoms with Crippen LogP contribution in [0, 0.1) is 13.8 Å². The summed E-state index contributed by atoms with van der Waals surface area (Å²) in [6.07, 6.45) is 0. The van der Waals surface area contributed by atoms with Gasteiger partial charge < -0.3 is 20.4 Å². The van der Waals surface area contributed by atoms with Crippen molar-refractivity contribution in [2.45, 2.75) is 78.6 Å². The van der Waals surface area contributed by atoms with Gasteiger partial charge in [0.15, 0.2) is 0 Å². The molecule has 4 amide bonds. The maximum absolute atomic E-state index is 12.6. The molecule has 2 N–H and O–H groups in total. The normalized spacial score (nSPS) is 22.4. The summed E-state index contributed by atoms with van der Waals surface area (Å²) in [5.74, 6) is 0. The van der Waals surface area contributed by atoms with Crippen LogP contribution in [0.15, 0.2) is 36.4 Å². The fourth-order valence-corrected chi connectivity index (χ4v) is 4.56. The van der Waals surface area contributed by atoms with Gasteiger partial charge in [0.1, 0.15) is 0 Å². The molecule has 2 aliphatic heterocycles. The van der Waals surface area contributed by atoms with Gasteiger partial charge in [-0.25, -0.2) is 9.59 Å². The fourth-order valence-electron chi connectivity index (χ4n) is 4.56. The predicted molar refractivity (Wildman–Crippen MR) is 130 cm³/mol. The van der Waals surface area contributed by atoms with E-state index in [0.29, 0.717) is 0 Å². The van der Waals surface area contributed by atoms with Gasteiger partial charge in [-0.1, -0.05) is 12.1 Å². The molecule has 2 atom stereocenters. The predicted octanol–water partition coefficient (Wildman–Crippen LogP) is 6.00. The third-order valence-corrected chi connectivity index (χ3v) is 7.63. The molecule has 2 heterocycles. The van der Waals surface area contributed by atoms with Crippen LogP contribution in [0.3, 0.4) is 0 Å². The molecule has 0 saturated carbocycles. The van der Waals surface area contributed by atoms with Crippen molar-refractivity contribution >= 4 is 23.4 Å². The minimum Gasteiger partial charge on any atom is -0.312 e. The van der Waals surface area contributed by atoms with E-state index in [0.717, 1.165) is 33.6 Å². The van der Waals surface area contributed by atoms with Crippen LogP contribution in [0.5, 0.6) is 0 Å². The Morgan fingerprint density at radius 3 is 1.28 bits per heavy atom. The van der Waals surface area contributed by atoms with Gasteiger partial charge in [-0.05, 0) is 102 Å². The number of carbonyl (C=O) groups excluding carboxylic acids is 2. The van der Waals surface area contributed by atoms with Crippen LogP contribution >= 0.6 is 0 Å². The van der Waals surface area contributed by atoms with Crippen molar-refractivity contribution in [2.24, 2.45) is 0 Å². The SMILES string of the molecule is Cc1cc(-c2ccc(NC(=O)N3[C@H](C)C3(C)C)c(C)c2)ccc1NC(=O)N1[C@H](C)C1(C)C. The summed E-state index contributed by atoms with van der Waals surface area (Å²) in [7, 11) is 0. The number of amides is 4. The lowest BCUT2D eigenvalue weighted by atomic mass is 10.00. The van der Waals surface area contributed by atoms with Gasteiger partial charge in [0.2, 0.25) is 0 Å². The number of carbonyl (C=O) groups is 2. The van der Waals surface area contributed by atoms with E-state index in [4.69, 9.17) is 0 Å². The van der Waals surface area contributed by atoms with E-state index in [-0.39, 0.29) is 35.2 Å². The van der Waals surface area contributed by atoms with Crippen LogP contribution in [-0.4, -0.2) is 45.0 Å². The maximum Gasteiger partial charge on any atom is 0.322 e. The van der Waals surface area contributed by atoms with Crippen LogP contribution in [0.4, 0.5) is 21.0 Å². The summed E-state index contributed by atoms with van der Waals surface area (Å²) in [5.41, 5.74) is 5.64. The Labute approximate surface area is 191 Å². The van der Waals surface area contributed by atoms with E-state index in [1.807, 2.05) is 47.9 Å². The molecule has 32 heavy (non-hydrogen) atoms. The van der Waals surface area contributed by atoms with Gasteiger partial charge in [0.25, 0.3) is 0 Å². The summed E-state index contributed by atoms with van der Waals surface area (Å²) in [5, 5.41) is 6.08. The number of rotatable bonds is 3. The number of hydrogen-bond donors (Lipinski definition) is 2. The monoisotopic (exact) mass is 434 g/mol. The van der Waals surface area contributed by atoms with E-state index in [9.17, 15) is 9.59 Å².